The Hall–Kier alpha value is -1.98. The molecule has 2 aromatic rings. The number of ether oxygens (including phenoxy) is 1. The Bertz CT molecular complexity index is 625. The maximum Gasteiger partial charge on any atom is 0.315 e. The SMILES string of the molecule is CCOCCCNC(=O)NCc1cccn1Cc1ccc(Cl)cc1. The molecule has 0 aliphatic heterocycles. The number of rotatable bonds is 9. The molecule has 0 aliphatic carbocycles. The number of urea groups is 1. The molecule has 0 spiro atoms. The molecule has 5 nitrogen and oxygen atoms in total. The maximum atomic E-state index is 11.8. The Morgan fingerprint density at radius 1 is 1.21 bits per heavy atom. The average molecular weight is 350 g/mol. The number of amides is 2. The first-order valence-corrected chi connectivity index (χ1v) is 8.54. The lowest BCUT2D eigenvalue weighted by atomic mass is 10.2. The van der Waals surface area contributed by atoms with Crippen molar-refractivity contribution in [3.8, 4) is 0 Å². The van der Waals surface area contributed by atoms with E-state index in [0.29, 0.717) is 26.3 Å². The van der Waals surface area contributed by atoms with E-state index < -0.39 is 0 Å². The Balaban J connectivity index is 1.76. The van der Waals surface area contributed by atoms with E-state index in [9.17, 15) is 4.79 Å². The fraction of sp³-hybridized carbons (Fsp3) is 0.389. The normalized spacial score (nSPS) is 10.6. The summed E-state index contributed by atoms with van der Waals surface area (Å²) in [6.07, 6.45) is 2.82. The van der Waals surface area contributed by atoms with Crippen molar-refractivity contribution >= 4 is 17.6 Å². The fourth-order valence-corrected chi connectivity index (χ4v) is 2.43. The fourth-order valence-electron chi connectivity index (χ4n) is 2.30. The van der Waals surface area contributed by atoms with Gasteiger partial charge in [0.25, 0.3) is 0 Å². The van der Waals surface area contributed by atoms with E-state index >= 15 is 0 Å². The molecule has 1 aromatic heterocycles. The molecule has 2 rings (SSSR count). The third-order valence-electron chi connectivity index (χ3n) is 3.57. The summed E-state index contributed by atoms with van der Waals surface area (Å²) in [7, 11) is 0. The van der Waals surface area contributed by atoms with Crippen molar-refractivity contribution in [3.63, 3.8) is 0 Å². The minimum Gasteiger partial charge on any atom is -0.382 e. The lowest BCUT2D eigenvalue weighted by molar-refractivity contribution is 0.145. The zero-order valence-corrected chi connectivity index (χ0v) is 14.7. The van der Waals surface area contributed by atoms with Crippen molar-refractivity contribution in [2.45, 2.75) is 26.4 Å². The van der Waals surface area contributed by atoms with Gasteiger partial charge < -0.3 is 19.9 Å². The van der Waals surface area contributed by atoms with E-state index in [1.54, 1.807) is 0 Å². The molecule has 2 N–H and O–H groups in total. The van der Waals surface area contributed by atoms with Gasteiger partial charge >= 0.3 is 6.03 Å². The first kappa shape index (κ1) is 18.4. The number of nitrogens with zero attached hydrogens (tertiary/aromatic N) is 1. The van der Waals surface area contributed by atoms with Crippen LogP contribution in [0.5, 0.6) is 0 Å². The molecular weight excluding hydrogens is 326 g/mol. The molecule has 1 aromatic carbocycles. The highest BCUT2D eigenvalue weighted by Gasteiger charge is 2.05. The molecule has 6 heteroatoms. The van der Waals surface area contributed by atoms with Gasteiger partial charge in [-0.3, -0.25) is 0 Å². The van der Waals surface area contributed by atoms with Gasteiger partial charge in [0.15, 0.2) is 0 Å². The van der Waals surface area contributed by atoms with Gasteiger partial charge in [0.05, 0.1) is 6.54 Å². The summed E-state index contributed by atoms with van der Waals surface area (Å²) < 4.78 is 7.34. The Morgan fingerprint density at radius 3 is 2.75 bits per heavy atom. The van der Waals surface area contributed by atoms with Crippen molar-refractivity contribution in [1.82, 2.24) is 15.2 Å². The number of nitrogens with one attached hydrogen (secondary N) is 2. The van der Waals surface area contributed by atoms with Crippen molar-refractivity contribution in [2.75, 3.05) is 19.8 Å². The minimum atomic E-state index is -0.161. The van der Waals surface area contributed by atoms with E-state index in [1.165, 1.54) is 0 Å². The number of benzene rings is 1. The molecule has 0 saturated carbocycles. The number of carbonyl (C=O) groups excluding carboxylic acids is 1. The van der Waals surface area contributed by atoms with Gasteiger partial charge in [0.2, 0.25) is 0 Å². The first-order valence-electron chi connectivity index (χ1n) is 8.17. The van der Waals surface area contributed by atoms with Crippen molar-refractivity contribution in [2.24, 2.45) is 0 Å². The number of aromatic nitrogens is 1. The van der Waals surface area contributed by atoms with Gasteiger partial charge in [-0.05, 0) is 43.2 Å². The molecule has 0 radical (unpaired) electrons. The Morgan fingerprint density at radius 2 is 2.00 bits per heavy atom. The molecule has 0 saturated heterocycles. The van der Waals surface area contributed by atoms with E-state index in [0.717, 1.165) is 29.2 Å². The average Bonchev–Trinajstić information content (AvgIpc) is 3.02. The summed E-state index contributed by atoms with van der Waals surface area (Å²) in [5.74, 6) is 0. The summed E-state index contributed by atoms with van der Waals surface area (Å²) in [4.78, 5) is 11.8. The van der Waals surface area contributed by atoms with Crippen molar-refractivity contribution in [3.05, 3.63) is 58.9 Å². The van der Waals surface area contributed by atoms with E-state index in [-0.39, 0.29) is 6.03 Å². The number of carbonyl (C=O) groups is 1. The van der Waals surface area contributed by atoms with Crippen molar-refractivity contribution < 1.29 is 9.53 Å². The van der Waals surface area contributed by atoms with Gasteiger partial charge in [0, 0.05) is 43.2 Å². The molecule has 1 heterocycles. The van der Waals surface area contributed by atoms with Gasteiger partial charge in [0.1, 0.15) is 0 Å². The number of hydrogen-bond donors (Lipinski definition) is 2. The van der Waals surface area contributed by atoms with Gasteiger partial charge in [-0.15, -0.1) is 0 Å². The third kappa shape index (κ3) is 6.26. The van der Waals surface area contributed by atoms with E-state index in [1.807, 2.05) is 49.5 Å². The van der Waals surface area contributed by atoms with Gasteiger partial charge in [-0.25, -0.2) is 4.79 Å². The molecule has 0 atom stereocenters. The van der Waals surface area contributed by atoms with E-state index in [2.05, 4.69) is 15.2 Å². The summed E-state index contributed by atoms with van der Waals surface area (Å²) in [5, 5.41) is 6.43. The van der Waals surface area contributed by atoms with Crippen LogP contribution in [-0.2, 0) is 17.8 Å². The summed E-state index contributed by atoms with van der Waals surface area (Å²) in [5.41, 5.74) is 2.21. The standard InChI is InChI=1S/C18H24ClN3O2/c1-2-24-12-4-10-20-18(23)21-13-17-5-3-11-22(17)14-15-6-8-16(19)9-7-15/h3,5-9,11H,2,4,10,12-14H2,1H3,(H2,20,21,23). The first-order chi connectivity index (χ1) is 11.7. The minimum absolute atomic E-state index is 0.161. The van der Waals surface area contributed by atoms with Gasteiger partial charge in [-0.2, -0.15) is 0 Å². The molecule has 130 valence electrons. The molecule has 24 heavy (non-hydrogen) atoms. The summed E-state index contributed by atoms with van der Waals surface area (Å²) >= 11 is 5.91. The van der Waals surface area contributed by atoms with Crippen LogP contribution in [0.15, 0.2) is 42.6 Å². The summed E-state index contributed by atoms with van der Waals surface area (Å²) in [6, 6.07) is 11.6. The van der Waals surface area contributed by atoms with Crippen LogP contribution >= 0.6 is 11.6 Å². The largest absolute Gasteiger partial charge is 0.382 e. The van der Waals surface area contributed by atoms with Crippen LogP contribution in [0.3, 0.4) is 0 Å². The van der Waals surface area contributed by atoms with Crippen LogP contribution in [0.1, 0.15) is 24.6 Å². The van der Waals surface area contributed by atoms with Gasteiger partial charge in [-0.1, -0.05) is 23.7 Å². The zero-order valence-electron chi connectivity index (χ0n) is 13.9. The van der Waals surface area contributed by atoms with Crippen LogP contribution in [0.4, 0.5) is 4.79 Å². The second kappa shape index (κ2) is 10.0. The number of hydrogen-bond acceptors (Lipinski definition) is 2. The highest BCUT2D eigenvalue weighted by Crippen LogP contribution is 2.12. The zero-order chi connectivity index (χ0) is 17.2. The number of halogens is 1. The highest BCUT2D eigenvalue weighted by atomic mass is 35.5. The van der Waals surface area contributed by atoms with Crippen LogP contribution in [0.2, 0.25) is 5.02 Å². The second-order valence-corrected chi connectivity index (χ2v) is 5.85. The second-order valence-electron chi connectivity index (χ2n) is 5.41. The Kier molecular flexibility index (Phi) is 7.65. The van der Waals surface area contributed by atoms with Crippen LogP contribution < -0.4 is 10.6 Å². The van der Waals surface area contributed by atoms with Crippen LogP contribution in [-0.4, -0.2) is 30.4 Å². The lowest BCUT2D eigenvalue weighted by Crippen LogP contribution is -2.36. The maximum absolute atomic E-state index is 11.8. The van der Waals surface area contributed by atoms with Crippen LogP contribution in [0, 0.1) is 0 Å². The Labute approximate surface area is 148 Å². The molecule has 0 fully saturated rings. The smallest absolute Gasteiger partial charge is 0.315 e. The highest BCUT2D eigenvalue weighted by molar-refractivity contribution is 6.30. The predicted octanol–water partition coefficient (Wildman–Crippen LogP) is 3.42. The van der Waals surface area contributed by atoms with E-state index in [4.69, 9.17) is 16.3 Å². The van der Waals surface area contributed by atoms with Crippen LogP contribution in [0.25, 0.3) is 0 Å². The third-order valence-corrected chi connectivity index (χ3v) is 3.83. The molecule has 0 unspecified atom stereocenters. The molecule has 2 amide bonds. The predicted molar refractivity (Wildman–Crippen MR) is 96.3 cm³/mol. The molecule has 0 aliphatic rings. The molecular formula is C18H24ClN3O2. The lowest BCUT2D eigenvalue weighted by Gasteiger charge is -2.11. The summed E-state index contributed by atoms with van der Waals surface area (Å²) in [6.45, 7) is 5.17. The van der Waals surface area contributed by atoms with Crippen molar-refractivity contribution in [1.29, 1.82) is 0 Å². The topological polar surface area (TPSA) is 55.3 Å². The monoisotopic (exact) mass is 349 g/mol. The molecule has 0 bridgehead atoms. The quantitative estimate of drug-likeness (QED) is 0.681.